The highest BCUT2D eigenvalue weighted by atomic mass is 16.5. The third-order valence-electron chi connectivity index (χ3n) is 3.29. The molecule has 2 rings (SSSR count). The molecule has 0 heterocycles. The average Bonchev–Trinajstić information content (AvgIpc) is 2.60. The Morgan fingerprint density at radius 3 is 2.39 bits per heavy atom. The van der Waals surface area contributed by atoms with E-state index in [0.717, 1.165) is 11.1 Å². The minimum absolute atomic E-state index is 0.138. The molecule has 0 radical (unpaired) electrons. The molecule has 0 aliphatic rings. The summed E-state index contributed by atoms with van der Waals surface area (Å²) in [6.45, 7) is 0.350. The van der Waals surface area contributed by atoms with Crippen LogP contribution in [0.1, 0.15) is 21.5 Å². The Hall–Kier alpha value is -2.88. The van der Waals surface area contributed by atoms with Gasteiger partial charge in [0.25, 0.3) is 5.91 Å². The molecule has 1 N–H and O–H groups in total. The van der Waals surface area contributed by atoms with Crippen molar-refractivity contribution in [2.45, 2.75) is 6.42 Å². The molecule has 4 heteroatoms. The van der Waals surface area contributed by atoms with Gasteiger partial charge in [0.15, 0.2) is 0 Å². The van der Waals surface area contributed by atoms with E-state index < -0.39 is 0 Å². The van der Waals surface area contributed by atoms with Crippen molar-refractivity contribution in [3.05, 3.63) is 77.4 Å². The van der Waals surface area contributed by atoms with E-state index in [2.05, 4.69) is 5.32 Å². The SMILES string of the molecule is CNC(=O)c1ccc(/C=C/C(=O)OCCc2ccccc2)cc1. The van der Waals surface area contributed by atoms with Crippen molar-refractivity contribution in [2.75, 3.05) is 13.7 Å². The highest BCUT2D eigenvalue weighted by Gasteiger charge is 2.02. The summed E-state index contributed by atoms with van der Waals surface area (Å²) in [4.78, 5) is 23.1. The van der Waals surface area contributed by atoms with Gasteiger partial charge in [-0.2, -0.15) is 0 Å². The molecular weight excluding hydrogens is 290 g/mol. The molecule has 23 heavy (non-hydrogen) atoms. The molecular formula is C19H19NO3. The standard InChI is InChI=1S/C19H19NO3/c1-20-19(22)17-10-7-16(8-11-17)9-12-18(21)23-14-13-15-5-3-2-4-6-15/h2-12H,13-14H2,1H3,(H,20,22)/b12-9+. The van der Waals surface area contributed by atoms with Crippen molar-refractivity contribution < 1.29 is 14.3 Å². The van der Waals surface area contributed by atoms with Crippen LogP contribution >= 0.6 is 0 Å². The first kappa shape index (κ1) is 16.5. The monoisotopic (exact) mass is 309 g/mol. The number of benzene rings is 2. The largest absolute Gasteiger partial charge is 0.462 e. The van der Waals surface area contributed by atoms with Crippen LogP contribution in [0.25, 0.3) is 6.08 Å². The Morgan fingerprint density at radius 2 is 1.74 bits per heavy atom. The lowest BCUT2D eigenvalue weighted by atomic mass is 10.1. The molecule has 0 bridgehead atoms. The van der Waals surface area contributed by atoms with E-state index in [-0.39, 0.29) is 11.9 Å². The zero-order valence-electron chi connectivity index (χ0n) is 13.0. The molecule has 2 aromatic rings. The van der Waals surface area contributed by atoms with E-state index in [0.29, 0.717) is 18.6 Å². The molecule has 2 aromatic carbocycles. The molecule has 0 spiro atoms. The quantitative estimate of drug-likeness (QED) is 0.659. The van der Waals surface area contributed by atoms with Gasteiger partial charge in [-0.05, 0) is 29.3 Å². The lowest BCUT2D eigenvalue weighted by Gasteiger charge is -2.02. The van der Waals surface area contributed by atoms with Gasteiger partial charge in [0.2, 0.25) is 0 Å². The average molecular weight is 309 g/mol. The van der Waals surface area contributed by atoms with Crippen LogP contribution in [0.4, 0.5) is 0 Å². The second kappa shape index (κ2) is 8.54. The summed E-state index contributed by atoms with van der Waals surface area (Å²) >= 11 is 0. The van der Waals surface area contributed by atoms with Crippen molar-refractivity contribution in [3.63, 3.8) is 0 Å². The van der Waals surface area contributed by atoms with E-state index in [1.165, 1.54) is 6.08 Å². The van der Waals surface area contributed by atoms with Gasteiger partial charge in [-0.3, -0.25) is 4.79 Å². The number of amides is 1. The summed E-state index contributed by atoms with van der Waals surface area (Å²) in [6, 6.07) is 16.8. The summed E-state index contributed by atoms with van der Waals surface area (Å²) in [5, 5.41) is 2.56. The van der Waals surface area contributed by atoms with Gasteiger partial charge in [0.05, 0.1) is 6.61 Å². The van der Waals surface area contributed by atoms with Crippen molar-refractivity contribution in [2.24, 2.45) is 0 Å². The molecule has 0 saturated carbocycles. The molecule has 4 nitrogen and oxygen atoms in total. The minimum atomic E-state index is -0.378. The molecule has 0 aromatic heterocycles. The highest BCUT2D eigenvalue weighted by molar-refractivity contribution is 5.94. The van der Waals surface area contributed by atoms with Crippen LogP contribution in [-0.4, -0.2) is 25.5 Å². The zero-order valence-corrected chi connectivity index (χ0v) is 13.0. The van der Waals surface area contributed by atoms with Crippen molar-refractivity contribution in [3.8, 4) is 0 Å². The first-order valence-corrected chi connectivity index (χ1v) is 7.40. The topological polar surface area (TPSA) is 55.4 Å². The molecule has 118 valence electrons. The summed E-state index contributed by atoms with van der Waals surface area (Å²) in [5.41, 5.74) is 2.54. The summed E-state index contributed by atoms with van der Waals surface area (Å²) in [5.74, 6) is -0.517. The van der Waals surface area contributed by atoms with Crippen molar-refractivity contribution >= 4 is 18.0 Å². The fourth-order valence-corrected chi connectivity index (χ4v) is 2.02. The Kier molecular flexibility index (Phi) is 6.12. The van der Waals surface area contributed by atoms with Gasteiger partial charge in [-0.15, -0.1) is 0 Å². The Labute approximate surface area is 135 Å². The van der Waals surface area contributed by atoms with Gasteiger partial charge < -0.3 is 10.1 Å². The fraction of sp³-hybridized carbons (Fsp3) is 0.158. The normalized spacial score (nSPS) is 10.5. The van der Waals surface area contributed by atoms with E-state index in [1.807, 2.05) is 30.3 Å². The van der Waals surface area contributed by atoms with Gasteiger partial charge in [0, 0.05) is 25.1 Å². The number of hydrogen-bond donors (Lipinski definition) is 1. The van der Waals surface area contributed by atoms with Crippen LogP contribution in [0.5, 0.6) is 0 Å². The number of rotatable bonds is 6. The van der Waals surface area contributed by atoms with Gasteiger partial charge in [-0.25, -0.2) is 4.79 Å². The molecule has 0 saturated heterocycles. The van der Waals surface area contributed by atoms with E-state index in [4.69, 9.17) is 4.74 Å². The number of ether oxygens (including phenoxy) is 1. The Morgan fingerprint density at radius 1 is 1.04 bits per heavy atom. The lowest BCUT2D eigenvalue weighted by molar-refractivity contribution is -0.137. The third kappa shape index (κ3) is 5.43. The first-order chi connectivity index (χ1) is 11.2. The second-order valence-corrected chi connectivity index (χ2v) is 4.94. The van der Waals surface area contributed by atoms with Crippen LogP contribution in [0.15, 0.2) is 60.7 Å². The zero-order chi connectivity index (χ0) is 16.5. The molecule has 1 amide bonds. The number of carbonyl (C=O) groups excluding carboxylic acids is 2. The first-order valence-electron chi connectivity index (χ1n) is 7.40. The third-order valence-corrected chi connectivity index (χ3v) is 3.29. The Bertz CT molecular complexity index is 676. The van der Waals surface area contributed by atoms with Gasteiger partial charge in [-0.1, -0.05) is 42.5 Å². The number of carbonyl (C=O) groups is 2. The fourth-order valence-electron chi connectivity index (χ4n) is 2.02. The van der Waals surface area contributed by atoms with E-state index >= 15 is 0 Å². The smallest absolute Gasteiger partial charge is 0.330 e. The number of nitrogens with one attached hydrogen (secondary N) is 1. The molecule has 0 aliphatic carbocycles. The molecule has 0 aliphatic heterocycles. The van der Waals surface area contributed by atoms with E-state index in [9.17, 15) is 9.59 Å². The van der Waals surface area contributed by atoms with E-state index in [1.54, 1.807) is 37.4 Å². The Balaban J connectivity index is 1.80. The molecule has 0 unspecified atom stereocenters. The van der Waals surface area contributed by atoms with Crippen molar-refractivity contribution in [1.82, 2.24) is 5.32 Å². The summed E-state index contributed by atoms with van der Waals surface area (Å²) in [7, 11) is 1.58. The summed E-state index contributed by atoms with van der Waals surface area (Å²) in [6.07, 6.45) is 3.75. The molecule has 0 atom stereocenters. The van der Waals surface area contributed by atoms with Crippen LogP contribution < -0.4 is 5.32 Å². The second-order valence-electron chi connectivity index (χ2n) is 4.94. The van der Waals surface area contributed by atoms with Crippen LogP contribution in [0.3, 0.4) is 0 Å². The maximum atomic E-state index is 11.7. The van der Waals surface area contributed by atoms with Gasteiger partial charge >= 0.3 is 5.97 Å². The molecule has 0 fully saturated rings. The minimum Gasteiger partial charge on any atom is -0.462 e. The summed E-state index contributed by atoms with van der Waals surface area (Å²) < 4.78 is 5.16. The lowest BCUT2D eigenvalue weighted by Crippen LogP contribution is -2.17. The number of hydrogen-bond acceptors (Lipinski definition) is 3. The maximum absolute atomic E-state index is 11.7. The highest BCUT2D eigenvalue weighted by Crippen LogP contribution is 2.06. The number of esters is 1. The van der Waals surface area contributed by atoms with Gasteiger partial charge in [0.1, 0.15) is 0 Å². The van der Waals surface area contributed by atoms with Crippen LogP contribution in [-0.2, 0) is 16.0 Å². The predicted molar refractivity (Wildman–Crippen MR) is 90.0 cm³/mol. The maximum Gasteiger partial charge on any atom is 0.330 e. The van der Waals surface area contributed by atoms with Crippen LogP contribution in [0, 0.1) is 0 Å². The van der Waals surface area contributed by atoms with Crippen molar-refractivity contribution in [1.29, 1.82) is 0 Å². The van der Waals surface area contributed by atoms with Crippen LogP contribution in [0.2, 0.25) is 0 Å². The predicted octanol–water partition coefficient (Wildman–Crippen LogP) is 2.85.